The van der Waals surface area contributed by atoms with E-state index in [1.165, 1.54) is 0 Å². The number of aryl methyl sites for hydroxylation is 2. The van der Waals surface area contributed by atoms with Crippen LogP contribution in [-0.2, 0) is 6.61 Å². The lowest BCUT2D eigenvalue weighted by Crippen LogP contribution is -2.13. The van der Waals surface area contributed by atoms with Crippen molar-refractivity contribution in [1.82, 2.24) is 0 Å². The Hall–Kier alpha value is -3.07. The molecule has 0 heterocycles. The number of nitrogens with one attached hydrogen (secondary N) is 1. The maximum atomic E-state index is 12.5. The van der Waals surface area contributed by atoms with Crippen molar-refractivity contribution in [2.45, 2.75) is 20.5 Å². The average Bonchev–Trinajstić information content (AvgIpc) is 2.64. The van der Waals surface area contributed by atoms with Gasteiger partial charge in [-0.05, 0) is 54.8 Å². The van der Waals surface area contributed by atoms with Gasteiger partial charge in [0.2, 0.25) is 0 Å². The summed E-state index contributed by atoms with van der Waals surface area (Å²) >= 11 is 0. The molecule has 3 nitrogen and oxygen atoms in total. The van der Waals surface area contributed by atoms with Crippen molar-refractivity contribution in [3.05, 3.63) is 95.1 Å². The summed E-state index contributed by atoms with van der Waals surface area (Å²) in [5.41, 5.74) is 4.65. The molecule has 0 aliphatic carbocycles. The van der Waals surface area contributed by atoms with E-state index in [0.717, 1.165) is 22.4 Å². The fourth-order valence-corrected chi connectivity index (χ4v) is 2.53. The average molecular weight is 331 g/mol. The van der Waals surface area contributed by atoms with E-state index in [4.69, 9.17) is 4.74 Å². The minimum Gasteiger partial charge on any atom is -0.489 e. The van der Waals surface area contributed by atoms with Gasteiger partial charge in [0, 0.05) is 11.3 Å². The molecule has 0 radical (unpaired) electrons. The lowest BCUT2D eigenvalue weighted by atomic mass is 10.1. The van der Waals surface area contributed by atoms with Gasteiger partial charge in [-0.1, -0.05) is 48.5 Å². The van der Waals surface area contributed by atoms with Crippen LogP contribution in [-0.4, -0.2) is 5.91 Å². The smallest absolute Gasteiger partial charge is 0.255 e. The molecule has 126 valence electrons. The molecule has 0 saturated carbocycles. The number of carbonyl (C=O) groups excluding carboxylic acids is 1. The normalized spacial score (nSPS) is 10.3. The van der Waals surface area contributed by atoms with E-state index in [1.807, 2.05) is 74.5 Å². The van der Waals surface area contributed by atoms with E-state index in [-0.39, 0.29) is 5.91 Å². The first-order chi connectivity index (χ1) is 12.1. The van der Waals surface area contributed by atoms with Crippen molar-refractivity contribution in [3.8, 4) is 5.75 Å². The Labute approximate surface area is 148 Å². The summed E-state index contributed by atoms with van der Waals surface area (Å²) in [6, 6.07) is 23.2. The first-order valence-electron chi connectivity index (χ1n) is 8.27. The Morgan fingerprint density at radius 1 is 0.920 bits per heavy atom. The van der Waals surface area contributed by atoms with E-state index < -0.39 is 0 Å². The van der Waals surface area contributed by atoms with Crippen LogP contribution in [0.1, 0.15) is 27.0 Å². The Balaban J connectivity index is 1.70. The van der Waals surface area contributed by atoms with Crippen LogP contribution < -0.4 is 10.1 Å². The predicted octanol–water partition coefficient (Wildman–Crippen LogP) is 5.13. The van der Waals surface area contributed by atoms with Gasteiger partial charge in [0.1, 0.15) is 12.4 Å². The van der Waals surface area contributed by atoms with Crippen molar-refractivity contribution in [3.63, 3.8) is 0 Å². The second kappa shape index (κ2) is 7.67. The molecule has 0 fully saturated rings. The maximum Gasteiger partial charge on any atom is 0.255 e. The number of ether oxygens (including phenoxy) is 1. The van der Waals surface area contributed by atoms with E-state index >= 15 is 0 Å². The summed E-state index contributed by atoms with van der Waals surface area (Å²) in [5, 5.41) is 2.97. The highest BCUT2D eigenvalue weighted by Crippen LogP contribution is 2.20. The fourth-order valence-electron chi connectivity index (χ4n) is 2.53. The molecule has 3 rings (SSSR count). The van der Waals surface area contributed by atoms with Gasteiger partial charge in [-0.25, -0.2) is 0 Å². The van der Waals surface area contributed by atoms with Gasteiger partial charge in [0.05, 0.1) is 0 Å². The number of carbonyl (C=O) groups is 1. The van der Waals surface area contributed by atoms with E-state index in [9.17, 15) is 4.79 Å². The standard InChI is InChI=1S/C22H21NO2/c1-16-11-12-17(2)21(13-16)23-22(24)19-9-6-10-20(14-19)25-15-18-7-4-3-5-8-18/h3-14H,15H2,1-2H3,(H,23,24). The molecule has 3 heteroatoms. The van der Waals surface area contributed by atoms with Crippen molar-refractivity contribution in [2.24, 2.45) is 0 Å². The molecule has 25 heavy (non-hydrogen) atoms. The largest absolute Gasteiger partial charge is 0.489 e. The predicted molar refractivity (Wildman–Crippen MR) is 101 cm³/mol. The number of rotatable bonds is 5. The molecule has 3 aromatic carbocycles. The Bertz CT molecular complexity index is 872. The molecule has 1 N–H and O–H groups in total. The fraction of sp³-hybridized carbons (Fsp3) is 0.136. The summed E-state index contributed by atoms with van der Waals surface area (Å²) in [5.74, 6) is 0.538. The third-order valence-corrected chi connectivity index (χ3v) is 3.99. The molecule has 0 spiro atoms. The summed E-state index contributed by atoms with van der Waals surface area (Å²) in [7, 11) is 0. The van der Waals surface area contributed by atoms with Crippen LogP contribution in [0.25, 0.3) is 0 Å². The van der Waals surface area contributed by atoms with Crippen LogP contribution in [0.5, 0.6) is 5.75 Å². The quantitative estimate of drug-likeness (QED) is 0.703. The van der Waals surface area contributed by atoms with Crippen LogP contribution >= 0.6 is 0 Å². The topological polar surface area (TPSA) is 38.3 Å². The Kier molecular flexibility index (Phi) is 5.14. The summed E-state index contributed by atoms with van der Waals surface area (Å²) in [6.07, 6.45) is 0. The van der Waals surface area contributed by atoms with Gasteiger partial charge in [-0.2, -0.15) is 0 Å². The number of benzene rings is 3. The van der Waals surface area contributed by atoms with Gasteiger partial charge in [-0.3, -0.25) is 4.79 Å². The molecule has 0 atom stereocenters. The number of hydrogen-bond donors (Lipinski definition) is 1. The van der Waals surface area contributed by atoms with Crippen LogP contribution in [0.3, 0.4) is 0 Å². The summed E-state index contributed by atoms with van der Waals surface area (Å²) < 4.78 is 5.80. The molecule has 0 unspecified atom stereocenters. The highest BCUT2D eigenvalue weighted by atomic mass is 16.5. The highest BCUT2D eigenvalue weighted by Gasteiger charge is 2.09. The molecule has 0 aliphatic heterocycles. The molecule has 0 bridgehead atoms. The van der Waals surface area contributed by atoms with Gasteiger partial charge < -0.3 is 10.1 Å². The third kappa shape index (κ3) is 4.48. The maximum absolute atomic E-state index is 12.5. The van der Waals surface area contributed by atoms with Gasteiger partial charge in [0.25, 0.3) is 5.91 Å². The molecular weight excluding hydrogens is 310 g/mol. The van der Waals surface area contributed by atoms with Crippen molar-refractivity contribution in [2.75, 3.05) is 5.32 Å². The van der Waals surface area contributed by atoms with E-state index in [0.29, 0.717) is 17.9 Å². The van der Waals surface area contributed by atoms with E-state index in [1.54, 1.807) is 12.1 Å². The van der Waals surface area contributed by atoms with Crippen LogP contribution in [0, 0.1) is 13.8 Å². The molecule has 0 saturated heterocycles. The van der Waals surface area contributed by atoms with Gasteiger partial charge >= 0.3 is 0 Å². The monoisotopic (exact) mass is 331 g/mol. The van der Waals surface area contributed by atoms with Crippen molar-refractivity contribution in [1.29, 1.82) is 0 Å². The zero-order chi connectivity index (χ0) is 17.6. The van der Waals surface area contributed by atoms with Crippen molar-refractivity contribution < 1.29 is 9.53 Å². The summed E-state index contributed by atoms with van der Waals surface area (Å²) in [4.78, 5) is 12.5. The second-order valence-corrected chi connectivity index (χ2v) is 6.07. The lowest BCUT2D eigenvalue weighted by Gasteiger charge is -2.11. The Morgan fingerprint density at radius 3 is 2.52 bits per heavy atom. The molecule has 3 aromatic rings. The Morgan fingerprint density at radius 2 is 1.72 bits per heavy atom. The van der Waals surface area contributed by atoms with Crippen LogP contribution in [0.4, 0.5) is 5.69 Å². The van der Waals surface area contributed by atoms with Crippen molar-refractivity contribution >= 4 is 11.6 Å². The minimum absolute atomic E-state index is 0.140. The van der Waals surface area contributed by atoms with Gasteiger partial charge in [-0.15, -0.1) is 0 Å². The van der Waals surface area contributed by atoms with Crippen LogP contribution in [0.15, 0.2) is 72.8 Å². The number of hydrogen-bond acceptors (Lipinski definition) is 2. The van der Waals surface area contributed by atoms with Crippen LogP contribution in [0.2, 0.25) is 0 Å². The first-order valence-corrected chi connectivity index (χ1v) is 8.27. The molecular formula is C22H21NO2. The first kappa shape index (κ1) is 16.8. The summed E-state index contributed by atoms with van der Waals surface area (Å²) in [6.45, 7) is 4.46. The zero-order valence-corrected chi connectivity index (χ0v) is 14.5. The zero-order valence-electron chi connectivity index (χ0n) is 14.5. The van der Waals surface area contributed by atoms with E-state index in [2.05, 4.69) is 5.32 Å². The lowest BCUT2D eigenvalue weighted by molar-refractivity contribution is 0.102. The number of anilines is 1. The SMILES string of the molecule is Cc1ccc(C)c(NC(=O)c2cccc(OCc3ccccc3)c2)c1. The molecule has 1 amide bonds. The second-order valence-electron chi connectivity index (χ2n) is 6.07. The third-order valence-electron chi connectivity index (χ3n) is 3.99. The molecule has 0 aliphatic rings. The molecule has 0 aromatic heterocycles. The minimum atomic E-state index is -0.140. The van der Waals surface area contributed by atoms with Gasteiger partial charge in [0.15, 0.2) is 0 Å². The highest BCUT2D eigenvalue weighted by molar-refractivity contribution is 6.04. The number of amides is 1.